The van der Waals surface area contributed by atoms with Crippen molar-refractivity contribution in [1.82, 2.24) is 10.0 Å². The molecule has 0 amide bonds. The van der Waals surface area contributed by atoms with Gasteiger partial charge in [0.2, 0.25) is 10.0 Å². The fourth-order valence-electron chi connectivity index (χ4n) is 1.91. The van der Waals surface area contributed by atoms with Crippen LogP contribution in [0, 0.1) is 5.92 Å². The summed E-state index contributed by atoms with van der Waals surface area (Å²) in [6, 6.07) is 7.20. The van der Waals surface area contributed by atoms with Gasteiger partial charge in [-0.3, -0.25) is 0 Å². The van der Waals surface area contributed by atoms with Crippen LogP contribution in [-0.4, -0.2) is 28.1 Å². The van der Waals surface area contributed by atoms with E-state index in [1.807, 2.05) is 26.0 Å². The summed E-state index contributed by atoms with van der Waals surface area (Å²) in [5.41, 5.74) is 1.18. The molecule has 0 saturated carbocycles. The average molecular weight is 312 g/mol. The summed E-state index contributed by atoms with van der Waals surface area (Å²) in [6.45, 7) is 8.64. The van der Waals surface area contributed by atoms with Crippen molar-refractivity contribution in [2.45, 2.75) is 44.9 Å². The monoisotopic (exact) mass is 312 g/mol. The zero-order chi connectivity index (χ0) is 15.7. The van der Waals surface area contributed by atoms with Crippen LogP contribution in [0.25, 0.3) is 0 Å². The van der Waals surface area contributed by atoms with Crippen LogP contribution in [0.5, 0.6) is 0 Å². The number of hydrogen-bond acceptors (Lipinski definition) is 3. The molecule has 0 spiro atoms. The first-order valence-corrected chi connectivity index (χ1v) is 9.23. The summed E-state index contributed by atoms with van der Waals surface area (Å²) in [4.78, 5) is 0.344. The van der Waals surface area contributed by atoms with Gasteiger partial charge in [-0.05, 0) is 56.0 Å². The Kier molecular flexibility index (Phi) is 7.93. The molecule has 1 aromatic rings. The Morgan fingerprint density at radius 1 is 1.10 bits per heavy atom. The fourth-order valence-corrected chi connectivity index (χ4v) is 3.13. The molecule has 0 aliphatic carbocycles. The van der Waals surface area contributed by atoms with Crippen molar-refractivity contribution in [2.24, 2.45) is 5.92 Å². The van der Waals surface area contributed by atoms with Gasteiger partial charge in [0.25, 0.3) is 0 Å². The number of rotatable bonds is 10. The molecular weight excluding hydrogens is 284 g/mol. The van der Waals surface area contributed by atoms with E-state index in [0.717, 1.165) is 32.4 Å². The molecule has 120 valence electrons. The molecule has 0 aliphatic heterocycles. The third kappa shape index (κ3) is 7.07. The van der Waals surface area contributed by atoms with E-state index < -0.39 is 10.0 Å². The summed E-state index contributed by atoms with van der Waals surface area (Å²) < 4.78 is 26.7. The maximum Gasteiger partial charge on any atom is 0.240 e. The fraction of sp³-hybridized carbons (Fsp3) is 0.625. The Morgan fingerprint density at radius 2 is 1.76 bits per heavy atom. The van der Waals surface area contributed by atoms with Gasteiger partial charge in [0, 0.05) is 6.54 Å². The maximum absolute atomic E-state index is 12.1. The molecule has 21 heavy (non-hydrogen) atoms. The van der Waals surface area contributed by atoms with Crippen molar-refractivity contribution in [3.8, 4) is 0 Å². The van der Waals surface area contributed by atoms with Crippen LogP contribution in [0.4, 0.5) is 0 Å². The average Bonchev–Trinajstić information content (AvgIpc) is 2.46. The first-order chi connectivity index (χ1) is 9.95. The van der Waals surface area contributed by atoms with Gasteiger partial charge in [0.15, 0.2) is 0 Å². The number of benzene rings is 1. The van der Waals surface area contributed by atoms with Gasteiger partial charge >= 0.3 is 0 Å². The molecule has 1 rings (SSSR count). The minimum Gasteiger partial charge on any atom is -0.317 e. The van der Waals surface area contributed by atoms with Crippen LogP contribution < -0.4 is 10.0 Å². The Bertz CT molecular complexity index is 496. The molecule has 0 unspecified atom stereocenters. The molecule has 1 aromatic carbocycles. The van der Waals surface area contributed by atoms with Crippen molar-refractivity contribution in [2.75, 3.05) is 19.6 Å². The molecule has 0 radical (unpaired) electrons. The Labute approximate surface area is 129 Å². The Balaban J connectivity index is 2.49. The molecule has 5 heteroatoms. The van der Waals surface area contributed by atoms with E-state index in [9.17, 15) is 8.42 Å². The quantitative estimate of drug-likeness (QED) is 0.653. The van der Waals surface area contributed by atoms with Crippen LogP contribution >= 0.6 is 0 Å². The SMILES string of the molecule is CCCNCCCc1ccc(S(=O)(=O)NCC(C)C)cc1. The predicted molar refractivity (Wildman–Crippen MR) is 88.0 cm³/mol. The predicted octanol–water partition coefficient (Wildman–Crippen LogP) is 2.55. The van der Waals surface area contributed by atoms with Gasteiger partial charge in [-0.1, -0.05) is 32.9 Å². The lowest BCUT2D eigenvalue weighted by Gasteiger charge is -2.09. The lowest BCUT2D eigenvalue weighted by atomic mass is 10.1. The number of sulfonamides is 1. The van der Waals surface area contributed by atoms with Gasteiger partial charge < -0.3 is 5.32 Å². The molecule has 0 heterocycles. The van der Waals surface area contributed by atoms with Crippen LogP contribution in [0.1, 0.15) is 39.2 Å². The van der Waals surface area contributed by atoms with E-state index in [-0.39, 0.29) is 0 Å². The molecular formula is C16H28N2O2S. The third-order valence-corrected chi connectivity index (χ3v) is 4.60. The van der Waals surface area contributed by atoms with E-state index in [4.69, 9.17) is 0 Å². The van der Waals surface area contributed by atoms with E-state index in [0.29, 0.717) is 17.4 Å². The highest BCUT2D eigenvalue weighted by molar-refractivity contribution is 7.89. The lowest BCUT2D eigenvalue weighted by Crippen LogP contribution is -2.27. The molecule has 0 fully saturated rings. The molecule has 0 bridgehead atoms. The van der Waals surface area contributed by atoms with E-state index in [1.54, 1.807) is 12.1 Å². The molecule has 0 saturated heterocycles. The second kappa shape index (κ2) is 9.18. The topological polar surface area (TPSA) is 58.2 Å². The van der Waals surface area contributed by atoms with E-state index >= 15 is 0 Å². The standard InChI is InChI=1S/C16H28N2O2S/c1-4-11-17-12-5-6-15-7-9-16(10-8-15)21(19,20)18-13-14(2)3/h7-10,14,17-18H,4-6,11-13H2,1-3H3. The van der Waals surface area contributed by atoms with Crippen LogP contribution in [0.2, 0.25) is 0 Å². The highest BCUT2D eigenvalue weighted by Gasteiger charge is 2.13. The number of aryl methyl sites for hydroxylation is 1. The minimum atomic E-state index is -3.37. The largest absolute Gasteiger partial charge is 0.317 e. The van der Waals surface area contributed by atoms with Crippen LogP contribution in [-0.2, 0) is 16.4 Å². The maximum atomic E-state index is 12.1. The summed E-state index contributed by atoms with van der Waals surface area (Å²) in [6.07, 6.45) is 3.18. The smallest absolute Gasteiger partial charge is 0.240 e. The third-order valence-electron chi connectivity index (χ3n) is 3.16. The summed E-state index contributed by atoms with van der Waals surface area (Å²) >= 11 is 0. The molecule has 0 aliphatic rings. The van der Waals surface area contributed by atoms with Crippen LogP contribution in [0.15, 0.2) is 29.2 Å². The molecule has 4 nitrogen and oxygen atoms in total. The zero-order valence-corrected chi connectivity index (χ0v) is 14.2. The van der Waals surface area contributed by atoms with Crippen molar-refractivity contribution in [3.05, 3.63) is 29.8 Å². The zero-order valence-electron chi connectivity index (χ0n) is 13.4. The lowest BCUT2D eigenvalue weighted by molar-refractivity contribution is 0.560. The minimum absolute atomic E-state index is 0.301. The Hall–Kier alpha value is -0.910. The van der Waals surface area contributed by atoms with Crippen molar-refractivity contribution >= 4 is 10.0 Å². The van der Waals surface area contributed by atoms with Gasteiger partial charge in [-0.2, -0.15) is 0 Å². The first kappa shape index (κ1) is 18.1. The number of nitrogens with one attached hydrogen (secondary N) is 2. The molecule has 2 N–H and O–H groups in total. The summed E-state index contributed by atoms with van der Waals surface area (Å²) in [5.74, 6) is 0.301. The second-order valence-corrected chi connectivity index (χ2v) is 7.51. The van der Waals surface area contributed by atoms with Crippen molar-refractivity contribution < 1.29 is 8.42 Å². The Morgan fingerprint density at radius 3 is 2.33 bits per heavy atom. The first-order valence-electron chi connectivity index (χ1n) is 7.75. The summed E-state index contributed by atoms with van der Waals surface area (Å²) in [5, 5.41) is 3.36. The van der Waals surface area contributed by atoms with Gasteiger partial charge in [0.05, 0.1) is 4.90 Å². The highest BCUT2D eigenvalue weighted by Crippen LogP contribution is 2.12. The van der Waals surface area contributed by atoms with Gasteiger partial charge in [-0.25, -0.2) is 13.1 Å². The van der Waals surface area contributed by atoms with Crippen LogP contribution in [0.3, 0.4) is 0 Å². The van der Waals surface area contributed by atoms with Crippen molar-refractivity contribution in [1.29, 1.82) is 0 Å². The second-order valence-electron chi connectivity index (χ2n) is 5.74. The van der Waals surface area contributed by atoms with Gasteiger partial charge in [-0.15, -0.1) is 0 Å². The van der Waals surface area contributed by atoms with E-state index in [1.165, 1.54) is 5.56 Å². The number of hydrogen-bond donors (Lipinski definition) is 2. The highest BCUT2D eigenvalue weighted by atomic mass is 32.2. The molecule has 0 aromatic heterocycles. The summed E-state index contributed by atoms with van der Waals surface area (Å²) in [7, 11) is -3.37. The normalized spacial score (nSPS) is 12.0. The van der Waals surface area contributed by atoms with Crippen molar-refractivity contribution in [3.63, 3.8) is 0 Å². The van der Waals surface area contributed by atoms with Gasteiger partial charge in [0.1, 0.15) is 0 Å². The molecule has 0 atom stereocenters. The van der Waals surface area contributed by atoms with E-state index in [2.05, 4.69) is 17.0 Å².